The van der Waals surface area contributed by atoms with Gasteiger partial charge in [-0.3, -0.25) is 14.9 Å². The second-order valence-electron chi connectivity index (χ2n) is 5.08. The Labute approximate surface area is 131 Å². The molecule has 1 heterocycles. The van der Waals surface area contributed by atoms with Crippen molar-refractivity contribution in [3.8, 4) is 0 Å². The molecule has 2 N–H and O–H groups in total. The normalized spacial score (nSPS) is 10.6. The second kappa shape index (κ2) is 6.27. The molecule has 0 aliphatic carbocycles. The van der Waals surface area contributed by atoms with E-state index in [1.54, 1.807) is 12.1 Å². The number of nitro benzene ring substituents is 1. The minimum Gasteiger partial charge on any atom is -0.349 e. The first-order valence-corrected chi connectivity index (χ1v) is 7.05. The van der Waals surface area contributed by atoms with Crippen LogP contribution in [0.1, 0.15) is 11.4 Å². The Morgan fingerprint density at radius 3 is 2.61 bits per heavy atom. The van der Waals surface area contributed by atoms with E-state index in [1.807, 2.05) is 24.3 Å². The van der Waals surface area contributed by atoms with E-state index in [0.29, 0.717) is 12.4 Å². The van der Waals surface area contributed by atoms with Gasteiger partial charge in [-0.1, -0.05) is 24.3 Å². The van der Waals surface area contributed by atoms with Crippen LogP contribution in [0.5, 0.6) is 0 Å². The van der Waals surface area contributed by atoms with Gasteiger partial charge in [0.1, 0.15) is 5.82 Å². The third kappa shape index (κ3) is 3.52. The van der Waals surface area contributed by atoms with Gasteiger partial charge < -0.3 is 10.3 Å². The number of nitro groups is 1. The molecule has 0 atom stereocenters. The van der Waals surface area contributed by atoms with Crippen LogP contribution in [-0.4, -0.2) is 20.8 Å². The number of carbonyl (C=O) groups excluding carboxylic acids is 1. The van der Waals surface area contributed by atoms with Crippen LogP contribution in [0.3, 0.4) is 0 Å². The summed E-state index contributed by atoms with van der Waals surface area (Å²) < 4.78 is 0. The van der Waals surface area contributed by atoms with Crippen molar-refractivity contribution in [2.75, 3.05) is 0 Å². The fraction of sp³-hybridized carbons (Fsp3) is 0.125. The molecule has 0 aliphatic heterocycles. The Balaban J connectivity index is 1.57. The Hall–Kier alpha value is -3.22. The van der Waals surface area contributed by atoms with Crippen LogP contribution in [0.2, 0.25) is 0 Å². The number of nitrogens with one attached hydrogen (secondary N) is 2. The molecular formula is C16H14N4O3. The van der Waals surface area contributed by atoms with Gasteiger partial charge in [0.25, 0.3) is 5.69 Å². The van der Waals surface area contributed by atoms with Gasteiger partial charge in [0.15, 0.2) is 0 Å². The number of hydrogen-bond acceptors (Lipinski definition) is 4. The molecule has 1 amide bonds. The summed E-state index contributed by atoms with van der Waals surface area (Å²) in [6, 6.07) is 13.6. The van der Waals surface area contributed by atoms with Crippen molar-refractivity contribution < 1.29 is 9.72 Å². The summed E-state index contributed by atoms with van der Waals surface area (Å²) in [5, 5.41) is 13.4. The van der Waals surface area contributed by atoms with Crippen LogP contribution in [-0.2, 0) is 17.8 Å². The highest BCUT2D eigenvalue weighted by molar-refractivity contribution is 5.79. The van der Waals surface area contributed by atoms with Gasteiger partial charge in [0.05, 0.1) is 28.9 Å². The number of non-ortho nitro benzene ring substituents is 1. The molecule has 2 aromatic carbocycles. The van der Waals surface area contributed by atoms with Gasteiger partial charge in [0, 0.05) is 12.1 Å². The quantitative estimate of drug-likeness (QED) is 0.558. The fourth-order valence-corrected chi connectivity index (χ4v) is 2.26. The van der Waals surface area contributed by atoms with Gasteiger partial charge >= 0.3 is 0 Å². The summed E-state index contributed by atoms with van der Waals surface area (Å²) in [4.78, 5) is 29.6. The third-order valence-corrected chi connectivity index (χ3v) is 3.40. The highest BCUT2D eigenvalue weighted by Crippen LogP contribution is 2.12. The number of aromatic amines is 1. The number of nitrogens with zero attached hydrogens (tertiary/aromatic N) is 2. The molecular weight excluding hydrogens is 296 g/mol. The molecule has 0 spiro atoms. The molecule has 0 fully saturated rings. The maximum Gasteiger partial charge on any atom is 0.269 e. The number of H-pyrrole nitrogens is 1. The molecule has 0 bridgehead atoms. The van der Waals surface area contributed by atoms with Crippen molar-refractivity contribution in [3.05, 3.63) is 70.0 Å². The van der Waals surface area contributed by atoms with E-state index in [0.717, 1.165) is 16.6 Å². The molecule has 0 radical (unpaired) electrons. The van der Waals surface area contributed by atoms with Crippen LogP contribution < -0.4 is 5.32 Å². The average molecular weight is 310 g/mol. The molecule has 0 saturated carbocycles. The lowest BCUT2D eigenvalue weighted by atomic mass is 10.1. The number of benzene rings is 2. The van der Waals surface area contributed by atoms with Gasteiger partial charge in [-0.2, -0.15) is 0 Å². The standard InChI is InChI=1S/C16H14N4O3/c21-16(9-11-5-7-12(8-6-11)20(22)23)17-10-15-18-13-3-1-2-4-14(13)19-15/h1-8H,9-10H2,(H,17,21)(H,18,19). The zero-order valence-corrected chi connectivity index (χ0v) is 12.2. The molecule has 3 rings (SSSR count). The minimum atomic E-state index is -0.467. The predicted octanol–water partition coefficient (Wildman–Crippen LogP) is 2.33. The van der Waals surface area contributed by atoms with Gasteiger partial charge in [0.2, 0.25) is 5.91 Å². The third-order valence-electron chi connectivity index (χ3n) is 3.40. The zero-order chi connectivity index (χ0) is 16.2. The number of fused-ring (bicyclic) bond motifs is 1. The number of para-hydroxylation sites is 2. The van der Waals surface area contributed by atoms with Crippen LogP contribution in [0.15, 0.2) is 48.5 Å². The lowest BCUT2D eigenvalue weighted by Gasteiger charge is -2.03. The molecule has 7 nitrogen and oxygen atoms in total. The first kappa shape index (κ1) is 14.7. The second-order valence-corrected chi connectivity index (χ2v) is 5.08. The van der Waals surface area contributed by atoms with E-state index in [9.17, 15) is 14.9 Å². The monoisotopic (exact) mass is 310 g/mol. The maximum atomic E-state index is 11.9. The largest absolute Gasteiger partial charge is 0.349 e. The molecule has 23 heavy (non-hydrogen) atoms. The maximum absolute atomic E-state index is 11.9. The van der Waals surface area contributed by atoms with Crippen LogP contribution in [0.25, 0.3) is 11.0 Å². The summed E-state index contributed by atoms with van der Waals surface area (Å²) in [6.07, 6.45) is 0.165. The number of carbonyl (C=O) groups is 1. The van der Waals surface area contributed by atoms with E-state index < -0.39 is 4.92 Å². The number of aromatic nitrogens is 2. The first-order valence-electron chi connectivity index (χ1n) is 7.05. The first-order chi connectivity index (χ1) is 11.1. The molecule has 0 saturated heterocycles. The van der Waals surface area contributed by atoms with E-state index in [4.69, 9.17) is 0 Å². The highest BCUT2D eigenvalue weighted by Gasteiger charge is 2.08. The number of rotatable bonds is 5. The Bertz CT molecular complexity index is 822. The Morgan fingerprint density at radius 1 is 1.17 bits per heavy atom. The lowest BCUT2D eigenvalue weighted by molar-refractivity contribution is -0.384. The Morgan fingerprint density at radius 2 is 1.91 bits per heavy atom. The van der Waals surface area contributed by atoms with E-state index in [1.165, 1.54) is 12.1 Å². The smallest absolute Gasteiger partial charge is 0.269 e. The fourth-order valence-electron chi connectivity index (χ4n) is 2.26. The van der Waals surface area contributed by atoms with Crippen LogP contribution >= 0.6 is 0 Å². The number of amides is 1. The van der Waals surface area contributed by atoms with Crippen molar-refractivity contribution in [3.63, 3.8) is 0 Å². The van der Waals surface area contributed by atoms with E-state index in [2.05, 4.69) is 15.3 Å². The lowest BCUT2D eigenvalue weighted by Crippen LogP contribution is -2.25. The van der Waals surface area contributed by atoms with Crippen molar-refractivity contribution in [1.29, 1.82) is 0 Å². The van der Waals surface area contributed by atoms with Gasteiger partial charge in [-0.25, -0.2) is 4.98 Å². The molecule has 3 aromatic rings. The molecule has 7 heteroatoms. The van der Waals surface area contributed by atoms with E-state index >= 15 is 0 Å². The van der Waals surface area contributed by atoms with Crippen molar-refractivity contribution >= 4 is 22.6 Å². The van der Waals surface area contributed by atoms with Crippen molar-refractivity contribution in [2.24, 2.45) is 0 Å². The molecule has 116 valence electrons. The Kier molecular flexibility index (Phi) is 4.01. The summed E-state index contributed by atoms with van der Waals surface area (Å²) in [7, 11) is 0. The average Bonchev–Trinajstić information content (AvgIpc) is 2.96. The molecule has 1 aromatic heterocycles. The number of imidazole rings is 1. The minimum absolute atomic E-state index is 0.0106. The van der Waals surface area contributed by atoms with Crippen molar-refractivity contribution in [2.45, 2.75) is 13.0 Å². The summed E-state index contributed by atoms with van der Waals surface area (Å²) in [6.45, 7) is 0.306. The summed E-state index contributed by atoms with van der Waals surface area (Å²) in [5.41, 5.74) is 2.51. The number of hydrogen-bond donors (Lipinski definition) is 2. The summed E-state index contributed by atoms with van der Waals surface area (Å²) in [5.74, 6) is 0.516. The van der Waals surface area contributed by atoms with Gasteiger partial charge in [-0.15, -0.1) is 0 Å². The summed E-state index contributed by atoms with van der Waals surface area (Å²) >= 11 is 0. The van der Waals surface area contributed by atoms with Crippen LogP contribution in [0, 0.1) is 10.1 Å². The molecule has 0 unspecified atom stereocenters. The SMILES string of the molecule is O=C(Cc1ccc([N+](=O)[O-])cc1)NCc1nc2ccccc2[nH]1. The predicted molar refractivity (Wildman–Crippen MR) is 84.7 cm³/mol. The zero-order valence-electron chi connectivity index (χ0n) is 12.2. The molecule has 0 aliphatic rings. The highest BCUT2D eigenvalue weighted by atomic mass is 16.6. The topological polar surface area (TPSA) is 101 Å². The van der Waals surface area contributed by atoms with E-state index in [-0.39, 0.29) is 18.0 Å². The van der Waals surface area contributed by atoms with Crippen molar-refractivity contribution in [1.82, 2.24) is 15.3 Å². The van der Waals surface area contributed by atoms with Crippen LogP contribution in [0.4, 0.5) is 5.69 Å². The van der Waals surface area contributed by atoms with Gasteiger partial charge in [-0.05, 0) is 17.7 Å².